The number of benzene rings is 1. The van der Waals surface area contributed by atoms with Crippen molar-refractivity contribution in [3.63, 3.8) is 0 Å². The first kappa shape index (κ1) is 7.91. The molecule has 1 heterocycles. The molecular formula is C9H5FIN. The van der Waals surface area contributed by atoms with Gasteiger partial charge in [-0.2, -0.15) is 0 Å². The van der Waals surface area contributed by atoms with Gasteiger partial charge in [0.1, 0.15) is 5.82 Å². The maximum absolute atomic E-state index is 12.7. The molecule has 2 rings (SSSR count). The number of hydrogen-bond acceptors (Lipinski definition) is 1. The number of hydrogen-bond donors (Lipinski definition) is 0. The quantitative estimate of drug-likeness (QED) is 0.672. The van der Waals surface area contributed by atoms with Gasteiger partial charge in [0.05, 0.1) is 5.52 Å². The number of aromatic nitrogens is 1. The fraction of sp³-hybridized carbons (Fsp3) is 0. The molecule has 0 aliphatic heterocycles. The van der Waals surface area contributed by atoms with Gasteiger partial charge in [-0.05, 0) is 40.8 Å². The van der Waals surface area contributed by atoms with E-state index in [2.05, 4.69) is 27.6 Å². The summed E-state index contributed by atoms with van der Waals surface area (Å²) in [6, 6.07) is 6.55. The fourth-order valence-electron chi connectivity index (χ4n) is 1.09. The van der Waals surface area contributed by atoms with E-state index in [1.807, 2.05) is 6.07 Å². The zero-order valence-corrected chi connectivity index (χ0v) is 8.25. The van der Waals surface area contributed by atoms with Gasteiger partial charge in [-0.3, -0.25) is 4.98 Å². The Labute approximate surface area is 82.8 Å². The Kier molecular flexibility index (Phi) is 1.96. The zero-order chi connectivity index (χ0) is 8.55. The highest BCUT2D eigenvalue weighted by Crippen LogP contribution is 2.18. The van der Waals surface area contributed by atoms with Gasteiger partial charge in [-0.1, -0.05) is 0 Å². The summed E-state index contributed by atoms with van der Waals surface area (Å²) < 4.78 is 13.8. The van der Waals surface area contributed by atoms with Crippen molar-refractivity contribution in [1.82, 2.24) is 4.98 Å². The van der Waals surface area contributed by atoms with E-state index in [0.717, 1.165) is 8.96 Å². The van der Waals surface area contributed by atoms with E-state index in [1.54, 1.807) is 12.3 Å². The summed E-state index contributed by atoms with van der Waals surface area (Å²) in [6.45, 7) is 0. The average molecular weight is 273 g/mol. The van der Waals surface area contributed by atoms with Crippen LogP contribution in [0.5, 0.6) is 0 Å². The number of fused-ring (bicyclic) bond motifs is 1. The number of nitrogens with zero attached hydrogens (tertiary/aromatic N) is 1. The Hall–Kier alpha value is -0.710. The Morgan fingerprint density at radius 1 is 1.25 bits per heavy atom. The predicted octanol–water partition coefficient (Wildman–Crippen LogP) is 2.98. The molecule has 0 spiro atoms. The maximum atomic E-state index is 12.7. The standard InChI is InChI=1S/C9H5FIN/c10-6-1-2-7-8(11)3-4-12-9(7)5-6/h1-5H. The van der Waals surface area contributed by atoms with Crippen LogP contribution in [0.1, 0.15) is 0 Å². The molecule has 0 radical (unpaired) electrons. The molecule has 1 aromatic heterocycles. The average Bonchev–Trinajstić information content (AvgIpc) is 2.04. The highest BCUT2D eigenvalue weighted by Gasteiger charge is 1.99. The van der Waals surface area contributed by atoms with Crippen molar-refractivity contribution >= 4 is 33.5 Å². The minimum atomic E-state index is -0.239. The van der Waals surface area contributed by atoms with Crippen molar-refractivity contribution in [2.45, 2.75) is 0 Å². The largest absolute Gasteiger partial charge is 0.256 e. The minimum absolute atomic E-state index is 0.239. The summed E-state index contributed by atoms with van der Waals surface area (Å²) in [5, 5.41) is 1.000. The van der Waals surface area contributed by atoms with Crippen molar-refractivity contribution in [3.05, 3.63) is 39.8 Å². The molecule has 0 atom stereocenters. The van der Waals surface area contributed by atoms with Gasteiger partial charge in [-0.25, -0.2) is 4.39 Å². The lowest BCUT2D eigenvalue weighted by molar-refractivity contribution is 0.629. The molecule has 3 heteroatoms. The highest BCUT2D eigenvalue weighted by molar-refractivity contribution is 14.1. The van der Waals surface area contributed by atoms with E-state index >= 15 is 0 Å². The van der Waals surface area contributed by atoms with Crippen LogP contribution in [0.4, 0.5) is 4.39 Å². The molecule has 1 nitrogen and oxygen atoms in total. The molecular weight excluding hydrogens is 268 g/mol. The molecule has 12 heavy (non-hydrogen) atoms. The van der Waals surface area contributed by atoms with E-state index in [9.17, 15) is 4.39 Å². The lowest BCUT2D eigenvalue weighted by Gasteiger charge is -1.98. The summed E-state index contributed by atoms with van der Waals surface area (Å²) in [5.41, 5.74) is 0.710. The second-order valence-electron chi connectivity index (χ2n) is 2.45. The monoisotopic (exact) mass is 273 g/mol. The van der Waals surface area contributed by atoms with Crippen LogP contribution in [0, 0.1) is 9.39 Å². The van der Waals surface area contributed by atoms with Gasteiger partial charge >= 0.3 is 0 Å². The molecule has 1 aromatic carbocycles. The molecule has 0 saturated carbocycles. The smallest absolute Gasteiger partial charge is 0.125 e. The van der Waals surface area contributed by atoms with E-state index in [4.69, 9.17) is 0 Å². The first-order valence-corrected chi connectivity index (χ1v) is 4.55. The molecule has 0 N–H and O–H groups in total. The summed E-state index contributed by atoms with van der Waals surface area (Å²) in [5.74, 6) is -0.239. The Bertz CT molecular complexity index is 428. The van der Waals surface area contributed by atoms with Crippen molar-refractivity contribution < 1.29 is 4.39 Å². The number of pyridine rings is 1. The van der Waals surface area contributed by atoms with E-state index in [0.29, 0.717) is 5.52 Å². The molecule has 0 aliphatic carbocycles. The molecule has 60 valence electrons. The zero-order valence-electron chi connectivity index (χ0n) is 6.09. The topological polar surface area (TPSA) is 12.9 Å². The lowest BCUT2D eigenvalue weighted by Crippen LogP contribution is -1.82. The van der Waals surface area contributed by atoms with E-state index < -0.39 is 0 Å². The predicted molar refractivity (Wildman–Crippen MR) is 54.4 cm³/mol. The Morgan fingerprint density at radius 3 is 2.92 bits per heavy atom. The summed E-state index contributed by atoms with van der Waals surface area (Å²) in [7, 11) is 0. The van der Waals surface area contributed by atoms with Gasteiger partial charge in [0, 0.05) is 21.2 Å². The van der Waals surface area contributed by atoms with Crippen molar-refractivity contribution in [3.8, 4) is 0 Å². The molecule has 0 saturated heterocycles. The normalized spacial score (nSPS) is 10.5. The molecule has 2 aromatic rings. The van der Waals surface area contributed by atoms with Crippen LogP contribution in [0.15, 0.2) is 30.5 Å². The van der Waals surface area contributed by atoms with Crippen molar-refractivity contribution in [2.24, 2.45) is 0 Å². The molecule has 0 amide bonds. The summed E-state index contributed by atoms with van der Waals surface area (Å²) in [6.07, 6.45) is 1.68. The van der Waals surface area contributed by atoms with E-state index in [-0.39, 0.29) is 5.82 Å². The minimum Gasteiger partial charge on any atom is -0.256 e. The first-order valence-electron chi connectivity index (χ1n) is 3.47. The maximum Gasteiger partial charge on any atom is 0.125 e. The Morgan fingerprint density at radius 2 is 2.08 bits per heavy atom. The second-order valence-corrected chi connectivity index (χ2v) is 3.62. The third kappa shape index (κ3) is 1.29. The van der Waals surface area contributed by atoms with Crippen molar-refractivity contribution in [2.75, 3.05) is 0 Å². The Balaban J connectivity index is 2.86. The molecule has 0 bridgehead atoms. The summed E-state index contributed by atoms with van der Waals surface area (Å²) >= 11 is 2.21. The van der Waals surface area contributed by atoms with E-state index in [1.165, 1.54) is 12.1 Å². The van der Waals surface area contributed by atoms with Crippen LogP contribution < -0.4 is 0 Å². The third-order valence-corrected chi connectivity index (χ3v) is 2.59. The third-order valence-electron chi connectivity index (χ3n) is 1.65. The molecule has 0 fully saturated rings. The second kappa shape index (κ2) is 2.97. The van der Waals surface area contributed by atoms with Crippen LogP contribution in [0.3, 0.4) is 0 Å². The van der Waals surface area contributed by atoms with Crippen LogP contribution in [-0.2, 0) is 0 Å². The highest BCUT2D eigenvalue weighted by atomic mass is 127. The van der Waals surface area contributed by atoms with Crippen molar-refractivity contribution in [1.29, 1.82) is 0 Å². The fourth-order valence-corrected chi connectivity index (χ4v) is 1.70. The van der Waals surface area contributed by atoms with Gasteiger partial charge < -0.3 is 0 Å². The van der Waals surface area contributed by atoms with Crippen LogP contribution in [0.2, 0.25) is 0 Å². The number of halogens is 2. The lowest BCUT2D eigenvalue weighted by atomic mass is 10.2. The van der Waals surface area contributed by atoms with Gasteiger partial charge in [0.25, 0.3) is 0 Å². The number of rotatable bonds is 0. The van der Waals surface area contributed by atoms with Gasteiger partial charge in [0.2, 0.25) is 0 Å². The van der Waals surface area contributed by atoms with Gasteiger partial charge in [0.15, 0.2) is 0 Å². The summed E-state index contributed by atoms with van der Waals surface area (Å²) in [4.78, 5) is 4.06. The SMILES string of the molecule is Fc1ccc2c(I)ccnc2c1. The molecule has 0 aliphatic rings. The molecule has 0 unspecified atom stereocenters. The first-order chi connectivity index (χ1) is 5.77. The van der Waals surface area contributed by atoms with Crippen LogP contribution >= 0.6 is 22.6 Å². The van der Waals surface area contributed by atoms with Crippen LogP contribution in [-0.4, -0.2) is 4.98 Å². The van der Waals surface area contributed by atoms with Crippen LogP contribution in [0.25, 0.3) is 10.9 Å². The van der Waals surface area contributed by atoms with Gasteiger partial charge in [-0.15, -0.1) is 0 Å².